The van der Waals surface area contributed by atoms with Crippen LogP contribution in [0.5, 0.6) is 5.75 Å². The van der Waals surface area contributed by atoms with Crippen LogP contribution in [0, 0.1) is 0 Å². The zero-order chi connectivity index (χ0) is 13.9. The maximum atomic E-state index is 5.97. The standard InChI is InChI=1S/C14H16ClN3OS.ClH/c15-10-2-1-3-11(6-10)19-12-4-5-18(8-12)9-13-7-17-14(16)20-13;/h1-3,6-7,12H,4-5,8-9H2,(H2,16,17);1H. The van der Waals surface area contributed by atoms with Crippen molar-refractivity contribution < 1.29 is 4.74 Å². The van der Waals surface area contributed by atoms with Crippen LogP contribution in [0.4, 0.5) is 5.13 Å². The summed E-state index contributed by atoms with van der Waals surface area (Å²) >= 11 is 7.51. The molecule has 1 unspecified atom stereocenters. The molecule has 7 heteroatoms. The largest absolute Gasteiger partial charge is 0.489 e. The Labute approximate surface area is 139 Å². The van der Waals surface area contributed by atoms with Crippen LogP contribution in [-0.2, 0) is 6.54 Å². The number of rotatable bonds is 4. The number of hydrogen-bond donors (Lipinski definition) is 1. The SMILES string of the molecule is Cl.Nc1ncc(CN2CCC(Oc3cccc(Cl)c3)C2)s1. The number of aromatic nitrogens is 1. The lowest BCUT2D eigenvalue weighted by Gasteiger charge is -2.16. The second kappa shape index (κ2) is 7.31. The molecule has 1 aromatic heterocycles. The summed E-state index contributed by atoms with van der Waals surface area (Å²) < 4.78 is 5.97. The van der Waals surface area contributed by atoms with Crippen molar-refractivity contribution in [2.75, 3.05) is 18.8 Å². The van der Waals surface area contributed by atoms with E-state index in [9.17, 15) is 0 Å². The van der Waals surface area contributed by atoms with Crippen LogP contribution in [0.15, 0.2) is 30.5 Å². The fourth-order valence-corrected chi connectivity index (χ4v) is 3.29. The number of anilines is 1. The molecule has 0 spiro atoms. The second-order valence-electron chi connectivity index (χ2n) is 4.89. The molecule has 1 atom stereocenters. The van der Waals surface area contributed by atoms with Crippen molar-refractivity contribution in [2.45, 2.75) is 19.1 Å². The van der Waals surface area contributed by atoms with Crippen LogP contribution in [0.1, 0.15) is 11.3 Å². The van der Waals surface area contributed by atoms with E-state index in [-0.39, 0.29) is 18.5 Å². The third-order valence-corrected chi connectivity index (χ3v) is 4.33. The number of nitrogens with zero attached hydrogens (tertiary/aromatic N) is 2. The van der Waals surface area contributed by atoms with Crippen molar-refractivity contribution >= 4 is 40.5 Å². The first-order valence-electron chi connectivity index (χ1n) is 6.54. The topological polar surface area (TPSA) is 51.4 Å². The Kier molecular flexibility index (Phi) is 5.70. The lowest BCUT2D eigenvalue weighted by molar-refractivity contribution is 0.199. The van der Waals surface area contributed by atoms with Gasteiger partial charge in [0.1, 0.15) is 11.9 Å². The van der Waals surface area contributed by atoms with Gasteiger partial charge < -0.3 is 10.5 Å². The first-order chi connectivity index (χ1) is 9.69. The van der Waals surface area contributed by atoms with Gasteiger partial charge in [-0.25, -0.2) is 4.98 Å². The number of likely N-dealkylation sites (tertiary alicyclic amines) is 1. The quantitative estimate of drug-likeness (QED) is 0.921. The molecule has 1 aliphatic heterocycles. The van der Waals surface area contributed by atoms with Gasteiger partial charge in [0.2, 0.25) is 0 Å². The van der Waals surface area contributed by atoms with E-state index >= 15 is 0 Å². The summed E-state index contributed by atoms with van der Waals surface area (Å²) in [6, 6.07) is 7.56. The summed E-state index contributed by atoms with van der Waals surface area (Å²) in [6.45, 7) is 2.84. The summed E-state index contributed by atoms with van der Waals surface area (Å²) in [5.74, 6) is 0.839. The van der Waals surface area contributed by atoms with Crippen LogP contribution >= 0.6 is 35.3 Å². The highest BCUT2D eigenvalue weighted by molar-refractivity contribution is 7.15. The Hall–Kier alpha value is -1.01. The zero-order valence-corrected chi connectivity index (χ0v) is 13.8. The minimum absolute atomic E-state index is 0. The number of benzene rings is 1. The summed E-state index contributed by atoms with van der Waals surface area (Å²) in [5.41, 5.74) is 5.65. The minimum Gasteiger partial charge on any atom is -0.489 e. The molecule has 0 amide bonds. The molecule has 0 aliphatic carbocycles. The number of nitrogens with two attached hydrogens (primary N) is 1. The molecule has 2 N–H and O–H groups in total. The van der Waals surface area contributed by atoms with Gasteiger partial charge in [0.05, 0.1) is 0 Å². The molecule has 1 fully saturated rings. The Bertz CT molecular complexity index is 593. The highest BCUT2D eigenvalue weighted by atomic mass is 35.5. The van der Waals surface area contributed by atoms with E-state index in [4.69, 9.17) is 22.1 Å². The first-order valence-corrected chi connectivity index (χ1v) is 7.73. The van der Waals surface area contributed by atoms with Gasteiger partial charge >= 0.3 is 0 Å². The molecule has 1 saturated heterocycles. The van der Waals surface area contributed by atoms with Gasteiger partial charge in [-0.05, 0) is 24.6 Å². The molecule has 0 bridgehead atoms. The second-order valence-corrected chi connectivity index (χ2v) is 6.47. The van der Waals surface area contributed by atoms with E-state index in [1.807, 2.05) is 30.5 Å². The van der Waals surface area contributed by atoms with Crippen molar-refractivity contribution in [3.05, 3.63) is 40.4 Å². The average Bonchev–Trinajstić information content (AvgIpc) is 3.00. The lowest BCUT2D eigenvalue weighted by Crippen LogP contribution is -2.24. The van der Waals surface area contributed by atoms with Crippen molar-refractivity contribution in [1.29, 1.82) is 0 Å². The molecule has 1 aliphatic rings. The van der Waals surface area contributed by atoms with Crippen LogP contribution in [0.3, 0.4) is 0 Å². The molecular weight excluding hydrogens is 329 g/mol. The highest BCUT2D eigenvalue weighted by Gasteiger charge is 2.24. The van der Waals surface area contributed by atoms with Gasteiger partial charge in [0.15, 0.2) is 5.13 Å². The van der Waals surface area contributed by atoms with Gasteiger partial charge in [0.25, 0.3) is 0 Å². The van der Waals surface area contributed by atoms with Crippen LogP contribution in [-0.4, -0.2) is 29.1 Å². The molecule has 4 nitrogen and oxygen atoms in total. The molecule has 114 valence electrons. The number of thiazole rings is 1. The van der Waals surface area contributed by atoms with Gasteiger partial charge in [-0.3, -0.25) is 4.90 Å². The van der Waals surface area contributed by atoms with Gasteiger partial charge in [0, 0.05) is 35.7 Å². The molecule has 2 heterocycles. The van der Waals surface area contributed by atoms with Crippen molar-refractivity contribution in [1.82, 2.24) is 9.88 Å². The van der Waals surface area contributed by atoms with E-state index in [0.717, 1.165) is 31.8 Å². The average molecular weight is 346 g/mol. The third-order valence-electron chi connectivity index (χ3n) is 3.28. The predicted molar refractivity (Wildman–Crippen MR) is 89.5 cm³/mol. The zero-order valence-electron chi connectivity index (χ0n) is 11.4. The first kappa shape index (κ1) is 16.4. The van der Waals surface area contributed by atoms with Crippen LogP contribution in [0.2, 0.25) is 5.02 Å². The smallest absolute Gasteiger partial charge is 0.180 e. The normalized spacial score (nSPS) is 18.4. The van der Waals surface area contributed by atoms with E-state index < -0.39 is 0 Å². The Balaban J connectivity index is 0.00000161. The molecule has 3 rings (SSSR count). The van der Waals surface area contributed by atoms with Crippen molar-refractivity contribution in [3.8, 4) is 5.75 Å². The molecule has 0 radical (unpaired) electrons. The molecule has 0 saturated carbocycles. The third kappa shape index (κ3) is 4.48. The van der Waals surface area contributed by atoms with Crippen molar-refractivity contribution in [2.24, 2.45) is 0 Å². The number of ether oxygens (including phenoxy) is 1. The maximum Gasteiger partial charge on any atom is 0.180 e. The lowest BCUT2D eigenvalue weighted by atomic mass is 10.3. The van der Waals surface area contributed by atoms with Gasteiger partial charge in [-0.15, -0.1) is 23.7 Å². The van der Waals surface area contributed by atoms with E-state index in [1.165, 1.54) is 4.88 Å². The van der Waals surface area contributed by atoms with Crippen LogP contribution < -0.4 is 10.5 Å². The van der Waals surface area contributed by atoms with Crippen molar-refractivity contribution in [3.63, 3.8) is 0 Å². The van der Waals surface area contributed by atoms with E-state index in [1.54, 1.807) is 11.3 Å². The highest BCUT2D eigenvalue weighted by Crippen LogP contribution is 2.24. The van der Waals surface area contributed by atoms with Crippen LogP contribution in [0.25, 0.3) is 0 Å². The summed E-state index contributed by atoms with van der Waals surface area (Å²) in [7, 11) is 0. The molecule has 21 heavy (non-hydrogen) atoms. The summed E-state index contributed by atoms with van der Waals surface area (Å²) in [5, 5.41) is 1.34. The minimum atomic E-state index is 0. The summed E-state index contributed by atoms with van der Waals surface area (Å²) in [6.07, 6.45) is 3.10. The number of halogens is 2. The fraction of sp³-hybridized carbons (Fsp3) is 0.357. The number of nitrogen functional groups attached to an aromatic ring is 1. The number of hydrogen-bond acceptors (Lipinski definition) is 5. The monoisotopic (exact) mass is 345 g/mol. The van der Waals surface area contributed by atoms with Gasteiger partial charge in [-0.1, -0.05) is 17.7 Å². The Morgan fingerprint density at radius 2 is 2.33 bits per heavy atom. The predicted octanol–water partition coefficient (Wildman–Crippen LogP) is 3.45. The fourth-order valence-electron chi connectivity index (χ4n) is 2.39. The molecular formula is C14H17Cl2N3OS. The summed E-state index contributed by atoms with van der Waals surface area (Å²) in [4.78, 5) is 7.64. The van der Waals surface area contributed by atoms with E-state index in [2.05, 4.69) is 9.88 Å². The Morgan fingerprint density at radius 1 is 1.48 bits per heavy atom. The Morgan fingerprint density at radius 3 is 3.05 bits per heavy atom. The van der Waals surface area contributed by atoms with E-state index in [0.29, 0.717) is 10.2 Å². The maximum absolute atomic E-state index is 5.97. The van der Waals surface area contributed by atoms with Gasteiger partial charge in [-0.2, -0.15) is 0 Å². The molecule has 2 aromatic rings. The molecule has 1 aromatic carbocycles.